The molecule has 0 aliphatic heterocycles. The van der Waals surface area contributed by atoms with Crippen molar-refractivity contribution in [2.45, 2.75) is 31.7 Å². The second-order valence-corrected chi connectivity index (χ2v) is 5.26. The first-order valence-corrected chi connectivity index (χ1v) is 6.85. The summed E-state index contributed by atoms with van der Waals surface area (Å²) in [6, 6.07) is 5.10. The van der Waals surface area contributed by atoms with E-state index in [9.17, 15) is 8.42 Å². The Morgan fingerprint density at radius 3 is 2.44 bits per heavy atom. The number of benzene rings is 1. The highest BCUT2D eigenvalue weighted by atomic mass is 32.2. The van der Waals surface area contributed by atoms with Gasteiger partial charge in [-0.15, -0.1) is 0 Å². The molecule has 0 saturated heterocycles. The molecule has 1 aromatic carbocycles. The second kappa shape index (κ2) is 5.43. The van der Waals surface area contributed by atoms with Gasteiger partial charge in [0.15, 0.2) is 0 Å². The third-order valence-corrected chi connectivity index (χ3v) is 3.97. The number of hydrogen-bond donors (Lipinski definition) is 2. The van der Waals surface area contributed by atoms with E-state index < -0.39 is 10.0 Å². The lowest BCUT2D eigenvalue weighted by Gasteiger charge is -2.09. The SMILES string of the molecule is CCNS(=O)(=O)c1ccc(CC)c(CN)c1. The average molecular weight is 242 g/mol. The average Bonchev–Trinajstić information content (AvgIpc) is 2.28. The standard InChI is InChI=1S/C11H18N2O2S/c1-3-9-5-6-11(7-10(9)8-12)16(14,15)13-4-2/h5-7,13H,3-4,8,12H2,1-2H3. The summed E-state index contributed by atoms with van der Waals surface area (Å²) < 4.78 is 26.0. The Kier molecular flexibility index (Phi) is 4.46. The number of nitrogens with one attached hydrogen (secondary N) is 1. The molecule has 0 aliphatic carbocycles. The molecular weight excluding hydrogens is 224 g/mol. The van der Waals surface area contributed by atoms with Crippen LogP contribution in [-0.4, -0.2) is 15.0 Å². The highest BCUT2D eigenvalue weighted by molar-refractivity contribution is 7.89. The maximum Gasteiger partial charge on any atom is 0.240 e. The van der Waals surface area contributed by atoms with Crippen LogP contribution in [0.15, 0.2) is 23.1 Å². The molecule has 0 saturated carbocycles. The fourth-order valence-corrected chi connectivity index (χ4v) is 2.67. The van der Waals surface area contributed by atoms with E-state index in [1.807, 2.05) is 13.0 Å². The van der Waals surface area contributed by atoms with Gasteiger partial charge in [-0.05, 0) is 29.7 Å². The van der Waals surface area contributed by atoms with Gasteiger partial charge in [0.2, 0.25) is 10.0 Å². The van der Waals surface area contributed by atoms with Gasteiger partial charge < -0.3 is 5.73 Å². The molecule has 4 nitrogen and oxygen atoms in total. The van der Waals surface area contributed by atoms with Crippen molar-refractivity contribution in [3.8, 4) is 0 Å². The monoisotopic (exact) mass is 242 g/mol. The maximum atomic E-state index is 11.7. The van der Waals surface area contributed by atoms with E-state index in [-0.39, 0.29) is 4.90 Å². The smallest absolute Gasteiger partial charge is 0.240 e. The third kappa shape index (κ3) is 2.81. The van der Waals surface area contributed by atoms with Gasteiger partial charge in [-0.1, -0.05) is 19.9 Å². The molecule has 0 unspecified atom stereocenters. The van der Waals surface area contributed by atoms with Crippen LogP contribution in [0.1, 0.15) is 25.0 Å². The largest absolute Gasteiger partial charge is 0.326 e. The highest BCUT2D eigenvalue weighted by Gasteiger charge is 2.13. The lowest BCUT2D eigenvalue weighted by Crippen LogP contribution is -2.23. The molecule has 0 aromatic heterocycles. The predicted molar refractivity (Wildman–Crippen MR) is 64.6 cm³/mol. The van der Waals surface area contributed by atoms with Gasteiger partial charge in [-0.25, -0.2) is 13.1 Å². The van der Waals surface area contributed by atoms with Gasteiger partial charge in [0.25, 0.3) is 0 Å². The van der Waals surface area contributed by atoms with E-state index >= 15 is 0 Å². The van der Waals surface area contributed by atoms with E-state index in [0.29, 0.717) is 13.1 Å². The van der Waals surface area contributed by atoms with E-state index in [4.69, 9.17) is 5.73 Å². The molecule has 1 aromatic rings. The minimum absolute atomic E-state index is 0.284. The molecule has 0 spiro atoms. The predicted octanol–water partition coefficient (Wildman–Crippen LogP) is 1.01. The van der Waals surface area contributed by atoms with Gasteiger partial charge in [-0.2, -0.15) is 0 Å². The number of nitrogens with two attached hydrogens (primary N) is 1. The van der Waals surface area contributed by atoms with Gasteiger partial charge in [0, 0.05) is 13.1 Å². The van der Waals surface area contributed by atoms with Crippen LogP contribution >= 0.6 is 0 Å². The van der Waals surface area contributed by atoms with Crippen LogP contribution in [0.5, 0.6) is 0 Å². The quantitative estimate of drug-likeness (QED) is 0.809. The van der Waals surface area contributed by atoms with Crippen LogP contribution in [-0.2, 0) is 23.0 Å². The Hall–Kier alpha value is -0.910. The minimum atomic E-state index is -3.37. The number of sulfonamides is 1. The Labute approximate surface area is 96.9 Å². The van der Waals surface area contributed by atoms with Crippen molar-refractivity contribution in [2.24, 2.45) is 5.73 Å². The lowest BCUT2D eigenvalue weighted by molar-refractivity contribution is 0.583. The first-order valence-electron chi connectivity index (χ1n) is 5.36. The Balaban J connectivity index is 3.18. The zero-order chi connectivity index (χ0) is 12.2. The molecule has 90 valence electrons. The molecule has 3 N–H and O–H groups in total. The van der Waals surface area contributed by atoms with Crippen LogP contribution in [0.4, 0.5) is 0 Å². The Morgan fingerprint density at radius 2 is 1.94 bits per heavy atom. The first-order chi connectivity index (χ1) is 7.55. The summed E-state index contributed by atoms with van der Waals surface area (Å²) in [5, 5.41) is 0. The first kappa shape index (κ1) is 13.2. The Bertz CT molecular complexity index is 455. The van der Waals surface area contributed by atoms with Crippen molar-refractivity contribution < 1.29 is 8.42 Å². The molecule has 0 bridgehead atoms. The summed E-state index contributed by atoms with van der Waals surface area (Å²) in [7, 11) is -3.37. The Morgan fingerprint density at radius 1 is 1.25 bits per heavy atom. The van der Waals surface area contributed by atoms with Gasteiger partial charge in [-0.3, -0.25) is 0 Å². The second-order valence-electron chi connectivity index (χ2n) is 3.49. The number of rotatable bonds is 5. The molecule has 0 radical (unpaired) electrons. The summed E-state index contributed by atoms with van der Waals surface area (Å²) in [5.41, 5.74) is 7.58. The fraction of sp³-hybridized carbons (Fsp3) is 0.455. The summed E-state index contributed by atoms with van der Waals surface area (Å²) in [4.78, 5) is 0.284. The van der Waals surface area contributed by atoms with Crippen molar-refractivity contribution in [1.29, 1.82) is 0 Å². The highest BCUT2D eigenvalue weighted by Crippen LogP contribution is 2.16. The van der Waals surface area contributed by atoms with Gasteiger partial charge in [0.1, 0.15) is 0 Å². The molecule has 0 fully saturated rings. The summed E-state index contributed by atoms with van der Waals surface area (Å²) >= 11 is 0. The van der Waals surface area contributed by atoms with Gasteiger partial charge in [0.05, 0.1) is 4.90 Å². The van der Waals surface area contributed by atoms with Crippen LogP contribution in [0, 0.1) is 0 Å². The van der Waals surface area contributed by atoms with Crippen molar-refractivity contribution in [3.05, 3.63) is 29.3 Å². The lowest BCUT2D eigenvalue weighted by atomic mass is 10.1. The normalized spacial score (nSPS) is 11.7. The molecule has 0 aliphatic rings. The zero-order valence-corrected chi connectivity index (χ0v) is 10.5. The van der Waals surface area contributed by atoms with E-state index in [0.717, 1.165) is 17.5 Å². The minimum Gasteiger partial charge on any atom is -0.326 e. The third-order valence-electron chi connectivity index (χ3n) is 2.42. The molecular formula is C11H18N2O2S. The van der Waals surface area contributed by atoms with Gasteiger partial charge >= 0.3 is 0 Å². The van der Waals surface area contributed by atoms with E-state index in [1.54, 1.807) is 19.1 Å². The van der Waals surface area contributed by atoms with Crippen LogP contribution < -0.4 is 10.5 Å². The summed E-state index contributed by atoms with van der Waals surface area (Å²) in [6.45, 7) is 4.52. The van der Waals surface area contributed by atoms with Crippen molar-refractivity contribution in [3.63, 3.8) is 0 Å². The van der Waals surface area contributed by atoms with Crippen molar-refractivity contribution >= 4 is 10.0 Å². The van der Waals surface area contributed by atoms with Crippen LogP contribution in [0.3, 0.4) is 0 Å². The van der Waals surface area contributed by atoms with E-state index in [1.165, 1.54) is 0 Å². The molecule has 5 heteroatoms. The number of hydrogen-bond acceptors (Lipinski definition) is 3. The fourth-order valence-electron chi connectivity index (χ4n) is 1.58. The van der Waals surface area contributed by atoms with Crippen LogP contribution in [0.25, 0.3) is 0 Å². The zero-order valence-electron chi connectivity index (χ0n) is 9.66. The number of aryl methyl sites for hydroxylation is 1. The molecule has 0 heterocycles. The summed E-state index contributed by atoms with van der Waals surface area (Å²) in [5.74, 6) is 0. The maximum absolute atomic E-state index is 11.7. The molecule has 0 atom stereocenters. The molecule has 1 rings (SSSR count). The van der Waals surface area contributed by atoms with E-state index in [2.05, 4.69) is 4.72 Å². The molecule has 0 amide bonds. The van der Waals surface area contributed by atoms with Crippen molar-refractivity contribution in [2.75, 3.05) is 6.54 Å². The van der Waals surface area contributed by atoms with Crippen molar-refractivity contribution in [1.82, 2.24) is 4.72 Å². The van der Waals surface area contributed by atoms with Crippen LogP contribution in [0.2, 0.25) is 0 Å². The molecule has 16 heavy (non-hydrogen) atoms. The topological polar surface area (TPSA) is 72.2 Å². The summed E-state index contributed by atoms with van der Waals surface area (Å²) in [6.07, 6.45) is 0.855.